The standard InChI is InChI=1S/C9H18OS/c1-4-5-9(10)7-11-6-8(2)3/h4,8-10H,1,5-7H2,2-3H3. The Hall–Kier alpha value is 0.0500. The number of rotatable bonds is 6. The summed E-state index contributed by atoms with van der Waals surface area (Å²) in [4.78, 5) is 0. The Bertz CT molecular complexity index is 102. The van der Waals surface area contributed by atoms with Crippen LogP contribution in [0.1, 0.15) is 20.3 Å². The van der Waals surface area contributed by atoms with Crippen LogP contribution in [0.2, 0.25) is 0 Å². The summed E-state index contributed by atoms with van der Waals surface area (Å²) in [6, 6.07) is 0. The maximum Gasteiger partial charge on any atom is 0.0664 e. The molecule has 0 heterocycles. The Labute approximate surface area is 73.9 Å². The molecule has 0 fully saturated rings. The first-order chi connectivity index (χ1) is 5.16. The average Bonchev–Trinajstić information content (AvgIpc) is 1.87. The van der Waals surface area contributed by atoms with Gasteiger partial charge in [-0.25, -0.2) is 0 Å². The normalized spacial score (nSPS) is 13.5. The third-order valence-corrected chi connectivity index (χ3v) is 2.72. The summed E-state index contributed by atoms with van der Waals surface area (Å²) in [6.07, 6.45) is 2.28. The summed E-state index contributed by atoms with van der Waals surface area (Å²) in [5, 5.41) is 9.27. The summed E-state index contributed by atoms with van der Waals surface area (Å²) < 4.78 is 0. The fraction of sp³-hybridized carbons (Fsp3) is 0.778. The first-order valence-electron chi connectivity index (χ1n) is 4.03. The van der Waals surface area contributed by atoms with E-state index in [4.69, 9.17) is 0 Å². The van der Waals surface area contributed by atoms with Crippen molar-refractivity contribution in [3.63, 3.8) is 0 Å². The van der Waals surface area contributed by atoms with E-state index in [1.54, 1.807) is 6.08 Å². The van der Waals surface area contributed by atoms with E-state index in [0.717, 1.165) is 17.4 Å². The summed E-state index contributed by atoms with van der Waals surface area (Å²) in [5.74, 6) is 2.69. The highest BCUT2D eigenvalue weighted by atomic mass is 32.2. The molecular formula is C9H18OS. The van der Waals surface area contributed by atoms with Crippen molar-refractivity contribution >= 4 is 11.8 Å². The van der Waals surface area contributed by atoms with E-state index in [2.05, 4.69) is 20.4 Å². The second-order valence-corrected chi connectivity index (χ2v) is 4.18. The van der Waals surface area contributed by atoms with Gasteiger partial charge in [0.1, 0.15) is 0 Å². The van der Waals surface area contributed by atoms with Crippen LogP contribution in [0, 0.1) is 5.92 Å². The molecule has 1 unspecified atom stereocenters. The highest BCUT2D eigenvalue weighted by Crippen LogP contribution is 2.10. The van der Waals surface area contributed by atoms with E-state index in [9.17, 15) is 5.11 Å². The van der Waals surface area contributed by atoms with Crippen molar-refractivity contribution < 1.29 is 5.11 Å². The first kappa shape index (κ1) is 11.1. The van der Waals surface area contributed by atoms with Gasteiger partial charge in [-0.05, 0) is 18.1 Å². The van der Waals surface area contributed by atoms with E-state index in [0.29, 0.717) is 6.42 Å². The van der Waals surface area contributed by atoms with E-state index >= 15 is 0 Å². The molecular weight excluding hydrogens is 156 g/mol. The highest BCUT2D eigenvalue weighted by Gasteiger charge is 2.01. The van der Waals surface area contributed by atoms with Crippen LogP contribution in [-0.4, -0.2) is 22.7 Å². The fourth-order valence-corrected chi connectivity index (χ4v) is 1.72. The molecule has 0 aromatic heterocycles. The molecule has 0 amide bonds. The molecule has 0 spiro atoms. The molecule has 0 aliphatic heterocycles. The third-order valence-electron chi connectivity index (χ3n) is 1.20. The molecule has 1 nitrogen and oxygen atoms in total. The topological polar surface area (TPSA) is 20.2 Å². The lowest BCUT2D eigenvalue weighted by atomic mass is 10.3. The van der Waals surface area contributed by atoms with Crippen molar-refractivity contribution in [2.75, 3.05) is 11.5 Å². The third kappa shape index (κ3) is 7.95. The molecule has 1 N–H and O–H groups in total. The van der Waals surface area contributed by atoms with Gasteiger partial charge < -0.3 is 5.11 Å². The van der Waals surface area contributed by atoms with Gasteiger partial charge in [0, 0.05) is 5.75 Å². The van der Waals surface area contributed by atoms with Gasteiger partial charge in [-0.1, -0.05) is 19.9 Å². The molecule has 0 rings (SSSR count). The Kier molecular flexibility index (Phi) is 6.77. The van der Waals surface area contributed by atoms with Gasteiger partial charge in [-0.3, -0.25) is 0 Å². The maximum absolute atomic E-state index is 9.27. The van der Waals surface area contributed by atoms with Crippen molar-refractivity contribution in [1.29, 1.82) is 0 Å². The molecule has 0 aromatic rings. The predicted octanol–water partition coefficient (Wildman–Crippen LogP) is 2.31. The number of aliphatic hydroxyl groups excluding tert-OH is 1. The molecule has 2 heteroatoms. The SMILES string of the molecule is C=CCC(O)CSCC(C)C. The monoisotopic (exact) mass is 174 g/mol. The molecule has 0 aromatic carbocycles. The zero-order chi connectivity index (χ0) is 8.69. The van der Waals surface area contributed by atoms with Crippen molar-refractivity contribution in [3.8, 4) is 0 Å². The van der Waals surface area contributed by atoms with Gasteiger partial charge in [0.25, 0.3) is 0 Å². The van der Waals surface area contributed by atoms with Crippen LogP contribution >= 0.6 is 11.8 Å². The van der Waals surface area contributed by atoms with E-state index in [1.807, 2.05) is 11.8 Å². The lowest BCUT2D eigenvalue weighted by Gasteiger charge is -2.08. The largest absolute Gasteiger partial charge is 0.392 e. The molecule has 66 valence electrons. The quantitative estimate of drug-likeness (QED) is 0.624. The van der Waals surface area contributed by atoms with Crippen molar-refractivity contribution in [2.24, 2.45) is 5.92 Å². The second kappa shape index (κ2) is 6.74. The predicted molar refractivity (Wildman–Crippen MR) is 53.0 cm³/mol. The zero-order valence-electron chi connectivity index (χ0n) is 7.42. The second-order valence-electron chi connectivity index (χ2n) is 3.11. The molecule has 0 saturated carbocycles. The number of aliphatic hydroxyl groups is 1. The highest BCUT2D eigenvalue weighted by molar-refractivity contribution is 7.99. The van der Waals surface area contributed by atoms with E-state index < -0.39 is 0 Å². The average molecular weight is 174 g/mol. The van der Waals surface area contributed by atoms with Gasteiger partial charge in [0.15, 0.2) is 0 Å². The van der Waals surface area contributed by atoms with Crippen LogP contribution < -0.4 is 0 Å². The van der Waals surface area contributed by atoms with Crippen LogP contribution in [0.5, 0.6) is 0 Å². The zero-order valence-corrected chi connectivity index (χ0v) is 8.23. The van der Waals surface area contributed by atoms with Crippen LogP contribution in [0.3, 0.4) is 0 Å². The molecule has 11 heavy (non-hydrogen) atoms. The fourth-order valence-electron chi connectivity index (χ4n) is 0.700. The molecule has 0 aliphatic carbocycles. The van der Waals surface area contributed by atoms with Gasteiger partial charge in [0.05, 0.1) is 6.10 Å². The minimum absolute atomic E-state index is 0.198. The summed E-state index contributed by atoms with van der Waals surface area (Å²) in [5.41, 5.74) is 0. The maximum atomic E-state index is 9.27. The molecule has 0 aliphatic rings. The summed E-state index contributed by atoms with van der Waals surface area (Å²) in [7, 11) is 0. The van der Waals surface area contributed by atoms with Crippen molar-refractivity contribution in [2.45, 2.75) is 26.4 Å². The Morgan fingerprint density at radius 2 is 2.09 bits per heavy atom. The van der Waals surface area contributed by atoms with Gasteiger partial charge in [0.2, 0.25) is 0 Å². The first-order valence-corrected chi connectivity index (χ1v) is 5.19. The van der Waals surface area contributed by atoms with Crippen molar-refractivity contribution in [3.05, 3.63) is 12.7 Å². The Morgan fingerprint density at radius 3 is 2.55 bits per heavy atom. The van der Waals surface area contributed by atoms with Gasteiger partial charge >= 0.3 is 0 Å². The van der Waals surface area contributed by atoms with Gasteiger partial charge in [-0.15, -0.1) is 6.58 Å². The number of thioether (sulfide) groups is 1. The lowest BCUT2D eigenvalue weighted by Crippen LogP contribution is -2.09. The Balaban J connectivity index is 3.16. The van der Waals surface area contributed by atoms with Crippen molar-refractivity contribution in [1.82, 2.24) is 0 Å². The molecule has 0 saturated heterocycles. The molecule has 1 atom stereocenters. The van der Waals surface area contributed by atoms with Crippen LogP contribution in [-0.2, 0) is 0 Å². The lowest BCUT2D eigenvalue weighted by molar-refractivity contribution is 0.203. The van der Waals surface area contributed by atoms with Gasteiger partial charge in [-0.2, -0.15) is 11.8 Å². The van der Waals surface area contributed by atoms with E-state index in [1.165, 1.54) is 0 Å². The van der Waals surface area contributed by atoms with E-state index in [-0.39, 0.29) is 6.10 Å². The minimum Gasteiger partial charge on any atom is -0.392 e. The Morgan fingerprint density at radius 1 is 1.45 bits per heavy atom. The summed E-state index contributed by atoms with van der Waals surface area (Å²) in [6.45, 7) is 7.95. The van der Waals surface area contributed by atoms with Crippen LogP contribution in [0.4, 0.5) is 0 Å². The minimum atomic E-state index is -0.198. The molecule has 0 bridgehead atoms. The number of hydrogen-bond acceptors (Lipinski definition) is 2. The van der Waals surface area contributed by atoms with Crippen LogP contribution in [0.25, 0.3) is 0 Å². The number of hydrogen-bond donors (Lipinski definition) is 1. The molecule has 0 radical (unpaired) electrons. The smallest absolute Gasteiger partial charge is 0.0664 e. The van der Waals surface area contributed by atoms with Crippen LogP contribution in [0.15, 0.2) is 12.7 Å². The summed E-state index contributed by atoms with van der Waals surface area (Å²) >= 11 is 1.81.